The zero-order valence-electron chi connectivity index (χ0n) is 13.8. The Morgan fingerprint density at radius 2 is 1.96 bits per heavy atom. The first-order valence-corrected chi connectivity index (χ1v) is 7.91. The van der Waals surface area contributed by atoms with E-state index in [4.69, 9.17) is 4.74 Å². The predicted octanol–water partition coefficient (Wildman–Crippen LogP) is 2.78. The second-order valence-electron chi connectivity index (χ2n) is 5.63. The number of aliphatic hydroxyl groups is 1. The number of aliphatic imine (C=N–C) groups is 1. The summed E-state index contributed by atoms with van der Waals surface area (Å²) in [4.78, 5) is 4.27. The smallest absolute Gasteiger partial charge is 0.416 e. The van der Waals surface area contributed by atoms with Crippen LogP contribution in [-0.4, -0.2) is 42.9 Å². The Bertz CT molecular complexity index is 549. The molecule has 1 aromatic rings. The van der Waals surface area contributed by atoms with E-state index in [0.29, 0.717) is 12.0 Å². The summed E-state index contributed by atoms with van der Waals surface area (Å²) in [6.07, 6.45) is -2.99. The Balaban J connectivity index is 0.00000312. The molecule has 25 heavy (non-hydrogen) atoms. The fraction of sp³-hybridized carbons (Fsp3) is 0.562. The van der Waals surface area contributed by atoms with Crippen LogP contribution in [0.15, 0.2) is 29.3 Å². The molecule has 1 aromatic carbocycles. The van der Waals surface area contributed by atoms with Gasteiger partial charge in [-0.1, -0.05) is 0 Å². The van der Waals surface area contributed by atoms with E-state index in [0.717, 1.165) is 31.5 Å². The topological polar surface area (TPSA) is 65.9 Å². The summed E-state index contributed by atoms with van der Waals surface area (Å²) in [6.45, 7) is 2.77. The summed E-state index contributed by atoms with van der Waals surface area (Å²) in [5, 5.41) is 16.2. The number of alkyl halides is 3. The first-order chi connectivity index (χ1) is 11.4. The van der Waals surface area contributed by atoms with Crippen LogP contribution in [-0.2, 0) is 6.18 Å². The third kappa shape index (κ3) is 8.13. The van der Waals surface area contributed by atoms with Crippen molar-refractivity contribution in [3.63, 3.8) is 0 Å². The summed E-state index contributed by atoms with van der Waals surface area (Å²) in [5.74, 6) is 0.919. The van der Waals surface area contributed by atoms with Crippen molar-refractivity contribution in [3.05, 3.63) is 29.8 Å². The van der Waals surface area contributed by atoms with Crippen LogP contribution >= 0.6 is 24.0 Å². The second kappa shape index (κ2) is 10.0. The summed E-state index contributed by atoms with van der Waals surface area (Å²) >= 11 is 0. The molecule has 0 bridgehead atoms. The highest BCUT2D eigenvalue weighted by molar-refractivity contribution is 14.0. The minimum Gasteiger partial charge on any atom is -0.491 e. The van der Waals surface area contributed by atoms with E-state index in [1.165, 1.54) is 12.1 Å². The molecule has 0 aromatic heterocycles. The van der Waals surface area contributed by atoms with Crippen molar-refractivity contribution in [2.45, 2.75) is 38.1 Å². The van der Waals surface area contributed by atoms with Gasteiger partial charge in [-0.15, -0.1) is 24.0 Å². The number of aliphatic hydroxyl groups excluding tert-OH is 1. The average Bonchev–Trinajstić information content (AvgIpc) is 3.34. The zero-order chi connectivity index (χ0) is 17.6. The lowest BCUT2D eigenvalue weighted by Gasteiger charge is -2.14. The van der Waals surface area contributed by atoms with E-state index < -0.39 is 17.8 Å². The number of nitrogens with one attached hydrogen (secondary N) is 2. The quantitative estimate of drug-likeness (QED) is 0.324. The highest BCUT2D eigenvalue weighted by atomic mass is 127. The maximum absolute atomic E-state index is 12.5. The SMILES string of the molecule is CCNC(=NCC(O)COc1ccc(C(F)(F)F)cc1)NC1CC1.I. The van der Waals surface area contributed by atoms with Crippen molar-refractivity contribution in [2.24, 2.45) is 4.99 Å². The van der Waals surface area contributed by atoms with Gasteiger partial charge in [0.2, 0.25) is 0 Å². The lowest BCUT2D eigenvalue weighted by Crippen LogP contribution is -2.39. The predicted molar refractivity (Wildman–Crippen MR) is 100 cm³/mol. The number of hydrogen-bond acceptors (Lipinski definition) is 3. The fourth-order valence-electron chi connectivity index (χ4n) is 1.92. The Hall–Kier alpha value is -1.23. The average molecular weight is 473 g/mol. The van der Waals surface area contributed by atoms with Crippen LogP contribution in [0.3, 0.4) is 0 Å². The zero-order valence-corrected chi connectivity index (χ0v) is 16.2. The first kappa shape index (κ1) is 21.8. The van der Waals surface area contributed by atoms with Crippen LogP contribution in [0.4, 0.5) is 13.2 Å². The minimum absolute atomic E-state index is 0. The Kier molecular flexibility index (Phi) is 8.77. The van der Waals surface area contributed by atoms with Gasteiger partial charge in [0, 0.05) is 12.6 Å². The molecule has 3 N–H and O–H groups in total. The van der Waals surface area contributed by atoms with E-state index >= 15 is 0 Å². The lowest BCUT2D eigenvalue weighted by atomic mass is 10.2. The number of guanidine groups is 1. The number of hydrogen-bond donors (Lipinski definition) is 3. The van der Waals surface area contributed by atoms with Crippen molar-refractivity contribution >= 4 is 29.9 Å². The van der Waals surface area contributed by atoms with E-state index in [1.54, 1.807) is 0 Å². The largest absolute Gasteiger partial charge is 0.491 e. The van der Waals surface area contributed by atoms with Crippen LogP contribution in [0.2, 0.25) is 0 Å². The molecule has 5 nitrogen and oxygen atoms in total. The van der Waals surface area contributed by atoms with Crippen LogP contribution in [0.25, 0.3) is 0 Å². The van der Waals surface area contributed by atoms with Crippen molar-refractivity contribution < 1.29 is 23.0 Å². The molecular weight excluding hydrogens is 450 g/mol. The Labute approximate surface area is 162 Å². The molecule has 2 rings (SSSR count). The Morgan fingerprint density at radius 1 is 1.32 bits per heavy atom. The van der Waals surface area contributed by atoms with Gasteiger partial charge in [-0.3, -0.25) is 4.99 Å². The van der Waals surface area contributed by atoms with Gasteiger partial charge in [0.05, 0.1) is 12.1 Å². The highest BCUT2D eigenvalue weighted by Crippen LogP contribution is 2.30. The molecule has 1 aliphatic rings. The van der Waals surface area contributed by atoms with E-state index in [1.807, 2.05) is 6.92 Å². The summed E-state index contributed by atoms with van der Waals surface area (Å²) < 4.78 is 42.7. The summed E-state index contributed by atoms with van der Waals surface area (Å²) in [7, 11) is 0. The second-order valence-corrected chi connectivity index (χ2v) is 5.63. The molecule has 1 atom stereocenters. The maximum atomic E-state index is 12.5. The van der Waals surface area contributed by atoms with Gasteiger partial charge in [0.25, 0.3) is 0 Å². The van der Waals surface area contributed by atoms with Crippen LogP contribution in [0, 0.1) is 0 Å². The molecule has 0 radical (unpaired) electrons. The molecule has 9 heteroatoms. The molecular formula is C16H23F3IN3O2. The van der Waals surface area contributed by atoms with Crippen molar-refractivity contribution in [1.29, 1.82) is 0 Å². The minimum atomic E-state index is -4.37. The molecule has 0 amide bonds. The molecule has 0 saturated heterocycles. The number of halogens is 4. The molecule has 0 heterocycles. The lowest BCUT2D eigenvalue weighted by molar-refractivity contribution is -0.137. The normalized spacial score (nSPS) is 16.0. The fourth-order valence-corrected chi connectivity index (χ4v) is 1.92. The van der Waals surface area contributed by atoms with Crippen molar-refractivity contribution in [3.8, 4) is 5.75 Å². The third-order valence-electron chi connectivity index (χ3n) is 3.35. The standard InChI is InChI=1S/C16H22F3N3O2.HI/c1-2-20-15(22-12-5-6-12)21-9-13(23)10-24-14-7-3-11(4-8-14)16(17,18)19;/h3-4,7-8,12-13,23H,2,5-6,9-10H2,1H3,(H2,20,21,22);1H. The van der Waals surface area contributed by atoms with Gasteiger partial charge >= 0.3 is 6.18 Å². The van der Waals surface area contributed by atoms with Crippen molar-refractivity contribution in [1.82, 2.24) is 10.6 Å². The van der Waals surface area contributed by atoms with Gasteiger partial charge in [0.15, 0.2) is 5.96 Å². The highest BCUT2D eigenvalue weighted by Gasteiger charge is 2.30. The third-order valence-corrected chi connectivity index (χ3v) is 3.35. The van der Waals surface area contributed by atoms with E-state index in [-0.39, 0.29) is 42.9 Å². The number of ether oxygens (including phenoxy) is 1. The van der Waals surface area contributed by atoms with Crippen LogP contribution in [0.1, 0.15) is 25.3 Å². The number of rotatable bonds is 7. The van der Waals surface area contributed by atoms with Gasteiger partial charge in [-0.2, -0.15) is 13.2 Å². The molecule has 1 saturated carbocycles. The molecule has 0 aliphatic heterocycles. The van der Waals surface area contributed by atoms with E-state index in [9.17, 15) is 18.3 Å². The van der Waals surface area contributed by atoms with Crippen LogP contribution < -0.4 is 15.4 Å². The maximum Gasteiger partial charge on any atom is 0.416 e. The van der Waals surface area contributed by atoms with Gasteiger partial charge in [-0.05, 0) is 44.0 Å². The number of benzene rings is 1. The molecule has 142 valence electrons. The molecule has 1 unspecified atom stereocenters. The van der Waals surface area contributed by atoms with Crippen LogP contribution in [0.5, 0.6) is 5.75 Å². The van der Waals surface area contributed by atoms with E-state index in [2.05, 4.69) is 15.6 Å². The van der Waals surface area contributed by atoms with Crippen molar-refractivity contribution in [2.75, 3.05) is 19.7 Å². The summed E-state index contributed by atoms with van der Waals surface area (Å²) in [6, 6.07) is 4.81. The van der Waals surface area contributed by atoms with Gasteiger partial charge in [-0.25, -0.2) is 0 Å². The molecule has 1 aliphatic carbocycles. The molecule has 0 spiro atoms. The summed E-state index contributed by atoms with van der Waals surface area (Å²) in [5.41, 5.74) is -0.735. The molecule has 1 fully saturated rings. The van der Waals surface area contributed by atoms with Gasteiger partial charge in [0.1, 0.15) is 18.5 Å². The monoisotopic (exact) mass is 473 g/mol. The van der Waals surface area contributed by atoms with Gasteiger partial charge < -0.3 is 20.5 Å². The number of nitrogens with zero attached hydrogens (tertiary/aromatic N) is 1. The first-order valence-electron chi connectivity index (χ1n) is 7.91. The Morgan fingerprint density at radius 3 is 2.48 bits per heavy atom.